The summed E-state index contributed by atoms with van der Waals surface area (Å²) < 4.78 is 10.7. The maximum Gasteiger partial charge on any atom is 0.127 e. The molecule has 0 aliphatic carbocycles. The summed E-state index contributed by atoms with van der Waals surface area (Å²) in [7, 11) is 3.39. The Morgan fingerprint density at radius 3 is 2.75 bits per heavy atom. The van der Waals surface area contributed by atoms with Crippen LogP contribution >= 0.6 is 0 Å². The molecule has 1 unspecified atom stereocenters. The van der Waals surface area contributed by atoms with Gasteiger partial charge in [0.15, 0.2) is 0 Å². The number of benzene rings is 1. The molecule has 1 atom stereocenters. The summed E-state index contributed by atoms with van der Waals surface area (Å²) >= 11 is 0. The van der Waals surface area contributed by atoms with Crippen molar-refractivity contribution in [3.05, 3.63) is 23.8 Å². The van der Waals surface area contributed by atoms with Gasteiger partial charge in [0, 0.05) is 43.9 Å². The molecule has 1 aliphatic rings. The summed E-state index contributed by atoms with van der Waals surface area (Å²) in [5, 5.41) is 3.59. The van der Waals surface area contributed by atoms with Crippen molar-refractivity contribution in [2.75, 3.05) is 33.9 Å². The van der Waals surface area contributed by atoms with Gasteiger partial charge in [0.05, 0.1) is 14.2 Å². The highest BCUT2D eigenvalue weighted by Crippen LogP contribution is 2.26. The van der Waals surface area contributed by atoms with Gasteiger partial charge in [-0.1, -0.05) is 19.9 Å². The van der Waals surface area contributed by atoms with Crippen molar-refractivity contribution < 1.29 is 9.47 Å². The maximum absolute atomic E-state index is 5.48. The molecule has 112 valence electrons. The first-order valence-electron chi connectivity index (χ1n) is 7.30. The van der Waals surface area contributed by atoms with E-state index in [0.717, 1.165) is 37.7 Å². The lowest BCUT2D eigenvalue weighted by Gasteiger charge is -2.36. The van der Waals surface area contributed by atoms with Crippen LogP contribution < -0.4 is 14.8 Å². The van der Waals surface area contributed by atoms with Gasteiger partial charge >= 0.3 is 0 Å². The molecule has 2 rings (SSSR count). The van der Waals surface area contributed by atoms with Crippen LogP contribution in [-0.2, 0) is 6.54 Å². The highest BCUT2D eigenvalue weighted by Gasteiger charge is 2.22. The summed E-state index contributed by atoms with van der Waals surface area (Å²) in [6, 6.07) is 6.63. The number of hydrogen-bond acceptors (Lipinski definition) is 4. The molecule has 1 heterocycles. The third-order valence-electron chi connectivity index (χ3n) is 3.98. The fraction of sp³-hybridized carbons (Fsp3) is 0.625. The predicted molar refractivity (Wildman–Crippen MR) is 81.5 cm³/mol. The van der Waals surface area contributed by atoms with Crippen molar-refractivity contribution in [1.82, 2.24) is 10.2 Å². The highest BCUT2D eigenvalue weighted by molar-refractivity contribution is 5.40. The van der Waals surface area contributed by atoms with E-state index in [1.165, 1.54) is 5.56 Å². The average Bonchev–Trinajstić information content (AvgIpc) is 2.48. The SMILES string of the molecule is COc1ccc(CN2CCNC(C(C)C)C2)c(OC)c1. The molecule has 0 bridgehead atoms. The van der Waals surface area contributed by atoms with E-state index in [2.05, 4.69) is 30.1 Å². The van der Waals surface area contributed by atoms with Crippen molar-refractivity contribution in [2.45, 2.75) is 26.4 Å². The van der Waals surface area contributed by atoms with Crippen molar-refractivity contribution in [3.8, 4) is 11.5 Å². The Bertz CT molecular complexity index is 434. The molecule has 4 heteroatoms. The summed E-state index contributed by atoms with van der Waals surface area (Å²) in [5.74, 6) is 2.41. The zero-order valence-electron chi connectivity index (χ0n) is 13.0. The van der Waals surface area contributed by atoms with Gasteiger partial charge in [-0.25, -0.2) is 0 Å². The number of nitrogens with zero attached hydrogens (tertiary/aromatic N) is 1. The Hall–Kier alpha value is -1.26. The Morgan fingerprint density at radius 1 is 1.30 bits per heavy atom. The lowest BCUT2D eigenvalue weighted by atomic mass is 10.0. The van der Waals surface area contributed by atoms with Crippen LogP contribution in [0, 0.1) is 5.92 Å². The number of ether oxygens (including phenoxy) is 2. The van der Waals surface area contributed by atoms with Crippen molar-refractivity contribution in [2.24, 2.45) is 5.92 Å². The van der Waals surface area contributed by atoms with E-state index in [1.807, 2.05) is 12.1 Å². The number of rotatable bonds is 5. The van der Waals surface area contributed by atoms with E-state index in [4.69, 9.17) is 9.47 Å². The summed E-state index contributed by atoms with van der Waals surface area (Å²) in [5.41, 5.74) is 1.22. The van der Waals surface area contributed by atoms with Gasteiger partial charge < -0.3 is 14.8 Å². The van der Waals surface area contributed by atoms with Crippen LogP contribution in [0.1, 0.15) is 19.4 Å². The first-order valence-corrected chi connectivity index (χ1v) is 7.30. The fourth-order valence-corrected chi connectivity index (χ4v) is 2.66. The zero-order chi connectivity index (χ0) is 14.5. The molecule has 4 nitrogen and oxygen atoms in total. The fourth-order valence-electron chi connectivity index (χ4n) is 2.66. The molecule has 1 saturated heterocycles. The van der Waals surface area contributed by atoms with Crippen molar-refractivity contribution in [3.63, 3.8) is 0 Å². The summed E-state index contributed by atoms with van der Waals surface area (Å²) in [6.07, 6.45) is 0. The van der Waals surface area contributed by atoms with E-state index in [-0.39, 0.29) is 0 Å². The molecule has 0 saturated carbocycles. The molecule has 0 spiro atoms. The third-order valence-corrected chi connectivity index (χ3v) is 3.98. The van der Waals surface area contributed by atoms with Gasteiger partial charge in [0.1, 0.15) is 11.5 Å². The Balaban J connectivity index is 2.05. The minimum absolute atomic E-state index is 0.577. The Morgan fingerprint density at radius 2 is 2.10 bits per heavy atom. The summed E-state index contributed by atoms with van der Waals surface area (Å²) in [6.45, 7) is 8.70. The van der Waals surface area contributed by atoms with E-state index in [0.29, 0.717) is 12.0 Å². The van der Waals surface area contributed by atoms with Crippen LogP contribution in [-0.4, -0.2) is 44.8 Å². The molecule has 1 aliphatic heterocycles. The van der Waals surface area contributed by atoms with E-state index in [9.17, 15) is 0 Å². The van der Waals surface area contributed by atoms with Gasteiger partial charge in [-0.3, -0.25) is 4.90 Å². The smallest absolute Gasteiger partial charge is 0.127 e. The number of hydrogen-bond donors (Lipinski definition) is 1. The highest BCUT2D eigenvalue weighted by atomic mass is 16.5. The van der Waals surface area contributed by atoms with E-state index in [1.54, 1.807) is 14.2 Å². The lowest BCUT2D eigenvalue weighted by molar-refractivity contribution is 0.167. The quantitative estimate of drug-likeness (QED) is 0.894. The van der Waals surface area contributed by atoms with Crippen LogP contribution in [0.5, 0.6) is 11.5 Å². The largest absolute Gasteiger partial charge is 0.497 e. The van der Waals surface area contributed by atoms with Crippen molar-refractivity contribution >= 4 is 0 Å². The Kier molecular flexibility index (Phi) is 5.26. The molecular weight excluding hydrogens is 252 g/mol. The van der Waals surface area contributed by atoms with Crippen LogP contribution in [0.2, 0.25) is 0 Å². The molecule has 0 aromatic heterocycles. The minimum Gasteiger partial charge on any atom is -0.497 e. The molecule has 0 amide bonds. The number of methoxy groups -OCH3 is 2. The van der Waals surface area contributed by atoms with E-state index >= 15 is 0 Å². The minimum atomic E-state index is 0.577. The standard InChI is InChI=1S/C16H26N2O2/c1-12(2)15-11-18(8-7-17-15)10-13-5-6-14(19-3)9-16(13)20-4/h5-6,9,12,15,17H,7-8,10-11H2,1-4H3. The lowest BCUT2D eigenvalue weighted by Crippen LogP contribution is -2.52. The van der Waals surface area contributed by atoms with Crippen LogP contribution in [0.4, 0.5) is 0 Å². The molecule has 1 aromatic carbocycles. The van der Waals surface area contributed by atoms with Gasteiger partial charge in [0.25, 0.3) is 0 Å². The first-order chi connectivity index (χ1) is 9.63. The zero-order valence-corrected chi connectivity index (χ0v) is 13.0. The number of piperazine rings is 1. The second-order valence-corrected chi connectivity index (χ2v) is 5.72. The Labute approximate surface area is 122 Å². The van der Waals surface area contributed by atoms with Crippen molar-refractivity contribution in [1.29, 1.82) is 0 Å². The van der Waals surface area contributed by atoms with Crippen LogP contribution in [0.3, 0.4) is 0 Å². The van der Waals surface area contributed by atoms with Gasteiger partial charge in [-0.2, -0.15) is 0 Å². The second-order valence-electron chi connectivity index (χ2n) is 5.72. The molecular formula is C16H26N2O2. The van der Waals surface area contributed by atoms with Crippen LogP contribution in [0.25, 0.3) is 0 Å². The number of nitrogens with one attached hydrogen (secondary N) is 1. The van der Waals surface area contributed by atoms with Gasteiger partial charge in [-0.15, -0.1) is 0 Å². The molecule has 1 N–H and O–H groups in total. The molecule has 20 heavy (non-hydrogen) atoms. The second kappa shape index (κ2) is 6.95. The van der Waals surface area contributed by atoms with E-state index < -0.39 is 0 Å². The topological polar surface area (TPSA) is 33.7 Å². The predicted octanol–water partition coefficient (Wildman–Crippen LogP) is 2.13. The molecule has 0 radical (unpaired) electrons. The summed E-state index contributed by atoms with van der Waals surface area (Å²) in [4.78, 5) is 2.49. The van der Waals surface area contributed by atoms with Gasteiger partial charge in [-0.05, 0) is 12.0 Å². The van der Waals surface area contributed by atoms with Crippen LogP contribution in [0.15, 0.2) is 18.2 Å². The maximum atomic E-state index is 5.48. The average molecular weight is 278 g/mol. The molecule has 1 aromatic rings. The molecule has 1 fully saturated rings. The van der Waals surface area contributed by atoms with Gasteiger partial charge in [0.2, 0.25) is 0 Å². The normalized spacial score (nSPS) is 20.1. The monoisotopic (exact) mass is 278 g/mol. The first kappa shape index (κ1) is 15.1. The third kappa shape index (κ3) is 3.64.